The molecule has 0 aromatic heterocycles. The molecule has 1 unspecified atom stereocenters. The van der Waals surface area contributed by atoms with Crippen LogP contribution in [0, 0.1) is 5.92 Å². The summed E-state index contributed by atoms with van der Waals surface area (Å²) < 4.78 is 0. The van der Waals surface area contributed by atoms with Gasteiger partial charge in [0.1, 0.15) is 0 Å². The molecule has 1 atom stereocenters. The molecular weight excluding hydrogens is 249 g/mol. The van der Waals surface area contributed by atoms with Crippen molar-refractivity contribution in [2.45, 2.75) is 39.5 Å². The van der Waals surface area contributed by atoms with Crippen molar-refractivity contribution in [2.24, 2.45) is 5.92 Å². The SMILES string of the molecule is CCCCC(CC)CO.[BaH2]. The number of aliphatic hydroxyl groups excluding tert-OH is 1. The maximum absolute atomic E-state index is 8.75. The van der Waals surface area contributed by atoms with Crippen molar-refractivity contribution in [2.75, 3.05) is 6.61 Å². The molecule has 60 valence electrons. The second-order valence-corrected chi connectivity index (χ2v) is 2.60. The molecule has 0 aliphatic heterocycles. The van der Waals surface area contributed by atoms with Gasteiger partial charge in [0, 0.05) is 6.61 Å². The minimum absolute atomic E-state index is 0. The summed E-state index contributed by atoms with van der Waals surface area (Å²) in [5.74, 6) is 0.560. The van der Waals surface area contributed by atoms with Crippen molar-refractivity contribution < 1.29 is 5.11 Å². The Morgan fingerprint density at radius 3 is 2.20 bits per heavy atom. The Kier molecular flexibility index (Phi) is 14.8. The van der Waals surface area contributed by atoms with Crippen molar-refractivity contribution in [1.82, 2.24) is 0 Å². The van der Waals surface area contributed by atoms with Gasteiger partial charge in [-0.05, 0) is 12.3 Å². The van der Waals surface area contributed by atoms with Gasteiger partial charge in [-0.15, -0.1) is 0 Å². The Labute approximate surface area is 105 Å². The zero-order valence-electron chi connectivity index (χ0n) is 6.56. The normalized spacial score (nSPS) is 12.3. The summed E-state index contributed by atoms with van der Waals surface area (Å²) in [6.45, 7) is 4.69. The first kappa shape index (κ1) is 14.1. The standard InChI is InChI=1S/C8H18O.Ba.2H/c1-3-5-6-8(4-2)7-9;;;/h8-9H,3-7H2,1-2H3;;;. The summed E-state index contributed by atoms with van der Waals surface area (Å²) in [5.41, 5.74) is 0. The molecule has 0 amide bonds. The van der Waals surface area contributed by atoms with E-state index < -0.39 is 0 Å². The second-order valence-electron chi connectivity index (χ2n) is 2.60. The Bertz CT molecular complexity index is 53.2. The van der Waals surface area contributed by atoms with Crippen molar-refractivity contribution in [3.05, 3.63) is 0 Å². The number of aliphatic hydroxyl groups is 1. The van der Waals surface area contributed by atoms with Crippen molar-refractivity contribution in [3.8, 4) is 0 Å². The van der Waals surface area contributed by atoms with Crippen LogP contribution in [0.4, 0.5) is 0 Å². The molecule has 0 heterocycles. The Morgan fingerprint density at radius 2 is 1.90 bits per heavy atom. The van der Waals surface area contributed by atoms with Gasteiger partial charge in [-0.2, -0.15) is 0 Å². The first-order valence-corrected chi connectivity index (χ1v) is 3.96. The first-order valence-electron chi connectivity index (χ1n) is 3.96. The Hall–Kier alpha value is 1.53. The maximum atomic E-state index is 8.75. The predicted octanol–water partition coefficient (Wildman–Crippen LogP) is 1.28. The van der Waals surface area contributed by atoms with Crippen LogP contribution in [0.15, 0.2) is 0 Å². The van der Waals surface area contributed by atoms with E-state index in [2.05, 4.69) is 13.8 Å². The van der Waals surface area contributed by atoms with Crippen molar-refractivity contribution >= 4 is 48.9 Å². The molecule has 0 fully saturated rings. The van der Waals surface area contributed by atoms with E-state index in [1.807, 2.05) is 0 Å². The summed E-state index contributed by atoms with van der Waals surface area (Å²) in [7, 11) is 0. The summed E-state index contributed by atoms with van der Waals surface area (Å²) in [4.78, 5) is 0. The van der Waals surface area contributed by atoms with Gasteiger partial charge >= 0.3 is 48.9 Å². The molecular formula is C8H20BaO. The van der Waals surface area contributed by atoms with E-state index in [9.17, 15) is 0 Å². The third-order valence-corrected chi connectivity index (χ3v) is 1.80. The molecule has 1 N–H and O–H groups in total. The molecule has 0 bridgehead atoms. The zero-order chi connectivity index (χ0) is 7.11. The summed E-state index contributed by atoms with van der Waals surface area (Å²) >= 11 is 0. The van der Waals surface area contributed by atoms with E-state index in [0.29, 0.717) is 12.5 Å². The average molecular weight is 270 g/mol. The van der Waals surface area contributed by atoms with E-state index >= 15 is 0 Å². The van der Waals surface area contributed by atoms with Crippen LogP contribution in [0.1, 0.15) is 39.5 Å². The average Bonchev–Trinajstić information content (AvgIpc) is 1.91. The summed E-state index contributed by atoms with van der Waals surface area (Å²) in [6, 6.07) is 0. The molecule has 0 saturated heterocycles. The van der Waals surface area contributed by atoms with Crippen LogP contribution >= 0.6 is 0 Å². The van der Waals surface area contributed by atoms with Gasteiger partial charge in [0.25, 0.3) is 0 Å². The van der Waals surface area contributed by atoms with Crippen LogP contribution in [-0.4, -0.2) is 60.6 Å². The van der Waals surface area contributed by atoms with Gasteiger partial charge < -0.3 is 5.11 Å². The van der Waals surface area contributed by atoms with Crippen molar-refractivity contribution in [3.63, 3.8) is 0 Å². The molecule has 0 spiro atoms. The van der Waals surface area contributed by atoms with E-state index in [0.717, 1.165) is 6.42 Å². The quantitative estimate of drug-likeness (QED) is 0.746. The number of hydrogen-bond acceptors (Lipinski definition) is 1. The fraction of sp³-hybridized carbons (Fsp3) is 1.00. The third-order valence-electron chi connectivity index (χ3n) is 1.80. The monoisotopic (exact) mass is 270 g/mol. The zero-order valence-corrected chi connectivity index (χ0v) is 6.56. The molecule has 0 aromatic rings. The van der Waals surface area contributed by atoms with Crippen LogP contribution in [0.5, 0.6) is 0 Å². The van der Waals surface area contributed by atoms with Gasteiger partial charge in [-0.3, -0.25) is 0 Å². The third kappa shape index (κ3) is 7.64. The van der Waals surface area contributed by atoms with E-state index in [4.69, 9.17) is 5.11 Å². The molecule has 10 heavy (non-hydrogen) atoms. The number of hydrogen-bond donors (Lipinski definition) is 1. The van der Waals surface area contributed by atoms with E-state index in [1.165, 1.54) is 19.3 Å². The molecule has 0 rings (SSSR count). The van der Waals surface area contributed by atoms with Crippen LogP contribution in [0.25, 0.3) is 0 Å². The van der Waals surface area contributed by atoms with Gasteiger partial charge in [0.2, 0.25) is 0 Å². The second kappa shape index (κ2) is 10.5. The minimum atomic E-state index is 0. The van der Waals surface area contributed by atoms with Crippen LogP contribution in [0.2, 0.25) is 0 Å². The van der Waals surface area contributed by atoms with E-state index in [1.54, 1.807) is 0 Å². The first-order chi connectivity index (χ1) is 4.35. The predicted molar refractivity (Wildman–Crippen MR) is 48.9 cm³/mol. The van der Waals surface area contributed by atoms with Crippen LogP contribution in [-0.2, 0) is 0 Å². The van der Waals surface area contributed by atoms with Gasteiger partial charge in [0.15, 0.2) is 0 Å². The van der Waals surface area contributed by atoms with Crippen LogP contribution < -0.4 is 0 Å². The fourth-order valence-electron chi connectivity index (χ4n) is 0.917. The van der Waals surface area contributed by atoms with Gasteiger partial charge in [-0.1, -0.05) is 33.1 Å². The molecule has 1 nitrogen and oxygen atoms in total. The Balaban J connectivity index is 0. The molecule has 0 aromatic carbocycles. The molecule has 0 aliphatic carbocycles. The number of unbranched alkanes of at least 4 members (excludes halogenated alkanes) is 1. The van der Waals surface area contributed by atoms with Gasteiger partial charge in [0.05, 0.1) is 0 Å². The van der Waals surface area contributed by atoms with Crippen molar-refractivity contribution in [1.29, 1.82) is 0 Å². The summed E-state index contributed by atoms with van der Waals surface area (Å²) in [6.07, 6.45) is 4.83. The summed E-state index contributed by atoms with van der Waals surface area (Å²) in [5, 5.41) is 8.75. The number of rotatable bonds is 5. The molecule has 0 radical (unpaired) electrons. The topological polar surface area (TPSA) is 20.2 Å². The van der Waals surface area contributed by atoms with Gasteiger partial charge in [-0.25, -0.2) is 0 Å². The molecule has 0 saturated carbocycles. The Morgan fingerprint density at radius 1 is 1.30 bits per heavy atom. The fourth-order valence-corrected chi connectivity index (χ4v) is 0.917. The molecule has 2 heteroatoms. The molecule has 0 aliphatic rings. The van der Waals surface area contributed by atoms with E-state index in [-0.39, 0.29) is 48.9 Å². The van der Waals surface area contributed by atoms with Crippen LogP contribution in [0.3, 0.4) is 0 Å².